The van der Waals surface area contributed by atoms with E-state index in [1.807, 2.05) is 32.0 Å². The molecule has 0 saturated carbocycles. The fraction of sp³-hybridized carbons (Fsp3) is 0.269. The van der Waals surface area contributed by atoms with E-state index in [1.165, 1.54) is 23.8 Å². The molecule has 5 heteroatoms. The van der Waals surface area contributed by atoms with Gasteiger partial charge in [-0.15, -0.1) is 0 Å². The second-order valence-corrected chi connectivity index (χ2v) is 8.11. The number of rotatable bonds is 7. The minimum atomic E-state index is -0.408. The van der Waals surface area contributed by atoms with Crippen molar-refractivity contribution in [3.05, 3.63) is 88.2 Å². The number of hydrogen-bond donors (Lipinski definition) is 2. The van der Waals surface area contributed by atoms with Crippen LogP contribution in [0.5, 0.6) is 11.5 Å². The second-order valence-electron chi connectivity index (χ2n) is 8.11. The number of carbonyl (C=O) groups excluding carboxylic acids is 1. The molecule has 0 aliphatic carbocycles. The largest absolute Gasteiger partial charge is 0.508 e. The Morgan fingerprint density at radius 3 is 2.42 bits per heavy atom. The maximum Gasteiger partial charge on any atom is 0.262 e. The third-order valence-electron chi connectivity index (χ3n) is 5.24. The first kappa shape index (κ1) is 22.3. The summed E-state index contributed by atoms with van der Waals surface area (Å²) in [5.41, 5.74) is 5.80. The van der Waals surface area contributed by atoms with Gasteiger partial charge >= 0.3 is 0 Å². The van der Waals surface area contributed by atoms with Crippen LogP contribution in [0.15, 0.2) is 54.6 Å². The van der Waals surface area contributed by atoms with Gasteiger partial charge in [0.25, 0.3) is 5.91 Å². The smallest absolute Gasteiger partial charge is 0.262 e. The van der Waals surface area contributed by atoms with Crippen molar-refractivity contribution in [1.82, 2.24) is 0 Å². The Hall–Kier alpha value is -3.34. The molecule has 0 atom stereocenters. The van der Waals surface area contributed by atoms with Gasteiger partial charge in [0.1, 0.15) is 17.3 Å². The number of aromatic hydroxyl groups is 1. The van der Waals surface area contributed by atoms with Gasteiger partial charge in [0.05, 0.1) is 0 Å². The normalized spacial score (nSPS) is 10.9. The molecule has 31 heavy (non-hydrogen) atoms. The lowest BCUT2D eigenvalue weighted by Crippen LogP contribution is -2.20. The summed E-state index contributed by atoms with van der Waals surface area (Å²) in [6, 6.07) is 15.3. The molecule has 0 aliphatic rings. The molecule has 2 N–H and O–H groups in total. The highest BCUT2D eigenvalue weighted by molar-refractivity contribution is 5.91. The number of phenols is 1. The van der Waals surface area contributed by atoms with Gasteiger partial charge in [0, 0.05) is 5.69 Å². The van der Waals surface area contributed by atoms with E-state index in [0.717, 1.165) is 28.7 Å². The second kappa shape index (κ2) is 9.65. The molecule has 162 valence electrons. The summed E-state index contributed by atoms with van der Waals surface area (Å²) in [5, 5.41) is 12.7. The maximum absolute atomic E-state index is 13.2. The third-order valence-corrected chi connectivity index (χ3v) is 5.24. The SMILES string of the molecule is Cc1cc(OCC(=O)Nc2cccc(F)c2)cc(C)c1Cc1ccc(O)c(C(C)C)c1. The van der Waals surface area contributed by atoms with E-state index in [1.54, 1.807) is 12.1 Å². The lowest BCUT2D eigenvalue weighted by molar-refractivity contribution is -0.118. The average Bonchev–Trinajstić information content (AvgIpc) is 2.70. The van der Waals surface area contributed by atoms with Crippen molar-refractivity contribution in [3.8, 4) is 11.5 Å². The number of benzene rings is 3. The monoisotopic (exact) mass is 421 g/mol. The molecule has 0 saturated heterocycles. The van der Waals surface area contributed by atoms with Crippen molar-refractivity contribution in [1.29, 1.82) is 0 Å². The molecule has 0 aliphatic heterocycles. The predicted molar refractivity (Wildman–Crippen MR) is 121 cm³/mol. The van der Waals surface area contributed by atoms with Crippen LogP contribution in [0.2, 0.25) is 0 Å². The van der Waals surface area contributed by atoms with Crippen LogP contribution < -0.4 is 10.1 Å². The molecule has 0 radical (unpaired) electrons. The molecular formula is C26H28FNO3. The molecule has 0 heterocycles. The van der Waals surface area contributed by atoms with Crippen LogP contribution >= 0.6 is 0 Å². The van der Waals surface area contributed by atoms with Gasteiger partial charge in [-0.2, -0.15) is 0 Å². The topological polar surface area (TPSA) is 58.6 Å². The minimum absolute atomic E-state index is 0.162. The van der Waals surface area contributed by atoms with Crippen LogP contribution in [-0.4, -0.2) is 17.6 Å². The first-order valence-corrected chi connectivity index (χ1v) is 10.3. The Balaban J connectivity index is 1.67. The lowest BCUT2D eigenvalue weighted by atomic mass is 9.93. The lowest BCUT2D eigenvalue weighted by Gasteiger charge is -2.15. The van der Waals surface area contributed by atoms with E-state index in [4.69, 9.17) is 4.74 Å². The summed E-state index contributed by atoms with van der Waals surface area (Å²) in [6.07, 6.45) is 0.748. The summed E-state index contributed by atoms with van der Waals surface area (Å²) >= 11 is 0. The van der Waals surface area contributed by atoms with Gasteiger partial charge in [0.2, 0.25) is 0 Å². The zero-order chi connectivity index (χ0) is 22.5. The van der Waals surface area contributed by atoms with Crippen LogP contribution in [0.3, 0.4) is 0 Å². The van der Waals surface area contributed by atoms with Crippen LogP contribution in [0.4, 0.5) is 10.1 Å². The Bertz CT molecular complexity index is 1070. The maximum atomic E-state index is 13.2. The highest BCUT2D eigenvalue weighted by atomic mass is 19.1. The number of ether oxygens (including phenoxy) is 1. The van der Waals surface area contributed by atoms with E-state index >= 15 is 0 Å². The van der Waals surface area contributed by atoms with E-state index < -0.39 is 5.82 Å². The fourth-order valence-electron chi connectivity index (χ4n) is 3.61. The number of halogens is 1. The number of carbonyl (C=O) groups is 1. The number of amides is 1. The molecule has 0 bridgehead atoms. The van der Waals surface area contributed by atoms with Gasteiger partial charge in [-0.1, -0.05) is 32.0 Å². The molecule has 0 fully saturated rings. The molecule has 0 unspecified atom stereocenters. The van der Waals surface area contributed by atoms with Crippen LogP contribution in [0.25, 0.3) is 0 Å². The summed E-state index contributed by atoms with van der Waals surface area (Å²) in [5.74, 6) is 0.426. The Morgan fingerprint density at radius 2 is 1.77 bits per heavy atom. The summed E-state index contributed by atoms with van der Waals surface area (Å²) in [7, 11) is 0. The summed E-state index contributed by atoms with van der Waals surface area (Å²) in [6.45, 7) is 8.00. The van der Waals surface area contributed by atoms with Crippen LogP contribution in [-0.2, 0) is 11.2 Å². The first-order valence-electron chi connectivity index (χ1n) is 10.3. The number of anilines is 1. The van der Waals surface area contributed by atoms with Crippen molar-refractivity contribution < 1.29 is 19.0 Å². The molecule has 3 aromatic carbocycles. The van der Waals surface area contributed by atoms with Gasteiger partial charge in [0.15, 0.2) is 6.61 Å². The minimum Gasteiger partial charge on any atom is -0.508 e. The zero-order valence-electron chi connectivity index (χ0n) is 18.3. The van der Waals surface area contributed by atoms with Crippen LogP contribution in [0.1, 0.15) is 47.6 Å². The third kappa shape index (κ3) is 5.85. The van der Waals surface area contributed by atoms with Crippen molar-refractivity contribution in [2.75, 3.05) is 11.9 Å². The molecule has 4 nitrogen and oxygen atoms in total. The number of aryl methyl sites for hydroxylation is 2. The highest BCUT2D eigenvalue weighted by Crippen LogP contribution is 2.29. The number of nitrogens with one attached hydrogen (secondary N) is 1. The van der Waals surface area contributed by atoms with Crippen LogP contribution in [0, 0.1) is 19.7 Å². The van der Waals surface area contributed by atoms with Crippen molar-refractivity contribution in [2.24, 2.45) is 0 Å². The quantitative estimate of drug-likeness (QED) is 0.501. The molecular weight excluding hydrogens is 393 g/mol. The average molecular weight is 422 g/mol. The van der Waals surface area contributed by atoms with Gasteiger partial charge in [-0.25, -0.2) is 4.39 Å². The van der Waals surface area contributed by atoms with E-state index in [-0.39, 0.29) is 18.4 Å². The molecule has 0 aromatic heterocycles. The van der Waals surface area contributed by atoms with Gasteiger partial charge in [-0.05, 0) is 90.4 Å². The van der Waals surface area contributed by atoms with Crippen molar-refractivity contribution >= 4 is 11.6 Å². The molecule has 3 rings (SSSR count). The van der Waals surface area contributed by atoms with Crippen molar-refractivity contribution in [2.45, 2.75) is 40.0 Å². The van der Waals surface area contributed by atoms with Gasteiger partial charge in [-0.3, -0.25) is 4.79 Å². The standard InChI is InChI=1S/C26H28FNO3/c1-16(2)23-12-19(8-9-25(23)29)13-24-17(3)10-22(11-18(24)4)31-15-26(30)28-21-7-5-6-20(27)14-21/h5-12,14,16,29H,13,15H2,1-4H3,(H,28,30). The van der Waals surface area contributed by atoms with E-state index in [2.05, 4.69) is 25.2 Å². The number of phenolic OH excluding ortho intramolecular Hbond substituents is 1. The Labute approximate surface area is 182 Å². The fourth-order valence-corrected chi connectivity index (χ4v) is 3.61. The predicted octanol–water partition coefficient (Wildman–Crippen LogP) is 5.88. The zero-order valence-corrected chi connectivity index (χ0v) is 18.3. The highest BCUT2D eigenvalue weighted by Gasteiger charge is 2.12. The Morgan fingerprint density at radius 1 is 1.06 bits per heavy atom. The number of hydrogen-bond acceptors (Lipinski definition) is 3. The Kier molecular flexibility index (Phi) is 6.95. The summed E-state index contributed by atoms with van der Waals surface area (Å²) < 4.78 is 18.9. The molecule has 1 amide bonds. The summed E-state index contributed by atoms with van der Waals surface area (Å²) in [4.78, 5) is 12.1. The molecule has 0 spiro atoms. The van der Waals surface area contributed by atoms with E-state index in [0.29, 0.717) is 17.2 Å². The van der Waals surface area contributed by atoms with Crippen molar-refractivity contribution in [3.63, 3.8) is 0 Å². The van der Waals surface area contributed by atoms with E-state index in [9.17, 15) is 14.3 Å². The first-order chi connectivity index (χ1) is 14.7. The molecule has 3 aromatic rings. The van der Waals surface area contributed by atoms with Gasteiger partial charge < -0.3 is 15.2 Å².